The summed E-state index contributed by atoms with van der Waals surface area (Å²) >= 11 is 15.2. The number of carbonyl (C=O) groups excluding carboxylic acids is 2. The number of aromatic nitrogens is 1. The molecule has 0 aliphatic rings. The quantitative estimate of drug-likeness (QED) is 0.437. The van der Waals surface area contributed by atoms with Crippen LogP contribution >= 0.6 is 39.1 Å². The molecule has 0 amide bonds. The molecular formula is C18H12BrCl2NO3. The Kier molecular flexibility index (Phi) is 5.47. The summed E-state index contributed by atoms with van der Waals surface area (Å²) in [7, 11) is 0. The predicted octanol–water partition coefficient (Wildman–Crippen LogP) is 5.21. The average molecular weight is 441 g/mol. The van der Waals surface area contributed by atoms with E-state index in [1.807, 2.05) is 18.2 Å². The van der Waals surface area contributed by atoms with Crippen LogP contribution in [0.1, 0.15) is 15.9 Å². The molecule has 3 rings (SSSR count). The number of aromatic amines is 1. The van der Waals surface area contributed by atoms with Gasteiger partial charge in [-0.15, -0.1) is 0 Å². The molecule has 0 atom stereocenters. The lowest BCUT2D eigenvalue weighted by Gasteiger charge is -2.05. The molecule has 0 saturated carbocycles. The molecule has 1 N–H and O–H groups in total. The van der Waals surface area contributed by atoms with Crippen molar-refractivity contribution >= 4 is 61.8 Å². The predicted molar refractivity (Wildman–Crippen MR) is 101 cm³/mol. The van der Waals surface area contributed by atoms with E-state index in [9.17, 15) is 9.59 Å². The summed E-state index contributed by atoms with van der Waals surface area (Å²) in [5.74, 6) is -0.817. The molecule has 0 spiro atoms. The van der Waals surface area contributed by atoms with Crippen LogP contribution in [0.25, 0.3) is 10.9 Å². The molecule has 0 unspecified atom stereocenters. The highest BCUT2D eigenvalue weighted by Crippen LogP contribution is 2.26. The Labute approximate surface area is 162 Å². The molecule has 0 aliphatic heterocycles. The highest BCUT2D eigenvalue weighted by atomic mass is 79.9. The molecule has 3 aromatic rings. The topological polar surface area (TPSA) is 59.2 Å². The zero-order chi connectivity index (χ0) is 18.0. The number of para-hydroxylation sites is 1. The van der Waals surface area contributed by atoms with Crippen molar-refractivity contribution in [3.63, 3.8) is 0 Å². The first-order chi connectivity index (χ1) is 12.0. The van der Waals surface area contributed by atoms with Gasteiger partial charge in [-0.3, -0.25) is 9.59 Å². The normalized spacial score (nSPS) is 10.8. The summed E-state index contributed by atoms with van der Waals surface area (Å²) in [5, 5.41) is 1.58. The van der Waals surface area contributed by atoms with E-state index in [0.29, 0.717) is 10.6 Å². The Bertz CT molecular complexity index is 968. The lowest BCUT2D eigenvalue weighted by atomic mass is 10.1. The Morgan fingerprint density at radius 3 is 2.68 bits per heavy atom. The highest BCUT2D eigenvalue weighted by Gasteiger charge is 2.14. The van der Waals surface area contributed by atoms with E-state index in [-0.39, 0.29) is 23.8 Å². The van der Waals surface area contributed by atoms with Crippen molar-refractivity contribution in [2.45, 2.75) is 6.42 Å². The Morgan fingerprint density at radius 2 is 1.92 bits per heavy atom. The SMILES string of the molecule is O=C(Cc1c[nH]c2c(Br)cccc12)OCC(=O)c1ccc(Cl)c(Cl)c1. The van der Waals surface area contributed by atoms with Crippen molar-refractivity contribution < 1.29 is 14.3 Å². The number of rotatable bonds is 5. The fourth-order valence-electron chi connectivity index (χ4n) is 2.43. The summed E-state index contributed by atoms with van der Waals surface area (Å²) in [6.45, 7) is -0.344. The van der Waals surface area contributed by atoms with Gasteiger partial charge in [-0.2, -0.15) is 0 Å². The van der Waals surface area contributed by atoms with E-state index in [4.69, 9.17) is 27.9 Å². The molecule has 7 heteroatoms. The van der Waals surface area contributed by atoms with E-state index >= 15 is 0 Å². The van der Waals surface area contributed by atoms with Crippen LogP contribution in [0.15, 0.2) is 47.1 Å². The van der Waals surface area contributed by atoms with Crippen LogP contribution in [0.5, 0.6) is 0 Å². The van der Waals surface area contributed by atoms with Gasteiger partial charge in [-0.1, -0.05) is 35.3 Å². The number of nitrogens with one attached hydrogen (secondary N) is 1. The molecule has 0 saturated heterocycles. The molecule has 0 radical (unpaired) electrons. The second kappa shape index (κ2) is 7.60. The smallest absolute Gasteiger partial charge is 0.310 e. The number of hydrogen-bond acceptors (Lipinski definition) is 3. The van der Waals surface area contributed by atoms with Crippen molar-refractivity contribution in [1.29, 1.82) is 0 Å². The largest absolute Gasteiger partial charge is 0.457 e. The summed E-state index contributed by atoms with van der Waals surface area (Å²) in [6.07, 6.45) is 1.84. The van der Waals surface area contributed by atoms with E-state index in [1.165, 1.54) is 12.1 Å². The minimum Gasteiger partial charge on any atom is -0.457 e. The van der Waals surface area contributed by atoms with Gasteiger partial charge in [0.2, 0.25) is 0 Å². The number of esters is 1. The average Bonchev–Trinajstić information content (AvgIpc) is 2.99. The monoisotopic (exact) mass is 439 g/mol. The number of fused-ring (bicyclic) bond motifs is 1. The second-order valence-electron chi connectivity index (χ2n) is 5.37. The first-order valence-electron chi connectivity index (χ1n) is 7.34. The number of H-pyrrole nitrogens is 1. The Balaban J connectivity index is 1.63. The number of Topliss-reactive ketones (excluding diaryl/α,β-unsaturated/α-hetero) is 1. The van der Waals surface area contributed by atoms with Crippen LogP contribution < -0.4 is 0 Å². The van der Waals surface area contributed by atoms with Gasteiger partial charge in [0.1, 0.15) is 0 Å². The Morgan fingerprint density at radius 1 is 1.12 bits per heavy atom. The van der Waals surface area contributed by atoms with Crippen LogP contribution in [-0.2, 0) is 16.0 Å². The molecule has 1 aromatic heterocycles. The third-order valence-corrected chi connectivity index (χ3v) is 5.09. The summed E-state index contributed by atoms with van der Waals surface area (Å²) < 4.78 is 6.01. The van der Waals surface area contributed by atoms with Crippen LogP contribution in [0.3, 0.4) is 0 Å². The number of benzene rings is 2. The Hall–Kier alpha value is -1.82. The molecule has 0 aliphatic carbocycles. The number of ketones is 1. The number of halogens is 3. The first kappa shape index (κ1) is 18.0. The van der Waals surface area contributed by atoms with Crippen molar-refractivity contribution in [1.82, 2.24) is 4.98 Å². The molecule has 128 valence electrons. The molecule has 2 aromatic carbocycles. The zero-order valence-electron chi connectivity index (χ0n) is 12.8. The van der Waals surface area contributed by atoms with E-state index in [2.05, 4.69) is 20.9 Å². The molecule has 1 heterocycles. The fraction of sp³-hybridized carbons (Fsp3) is 0.111. The van der Waals surface area contributed by atoms with Crippen molar-refractivity contribution in [2.75, 3.05) is 6.61 Å². The lowest BCUT2D eigenvalue weighted by Crippen LogP contribution is -2.15. The maximum absolute atomic E-state index is 12.1. The number of hydrogen-bond donors (Lipinski definition) is 1. The van der Waals surface area contributed by atoms with Crippen LogP contribution in [0.2, 0.25) is 10.0 Å². The van der Waals surface area contributed by atoms with Gasteiger partial charge in [-0.05, 0) is 45.8 Å². The minimum absolute atomic E-state index is 0.0745. The third kappa shape index (κ3) is 4.06. The van der Waals surface area contributed by atoms with Crippen molar-refractivity contribution in [2.24, 2.45) is 0 Å². The maximum Gasteiger partial charge on any atom is 0.310 e. The summed E-state index contributed by atoms with van der Waals surface area (Å²) in [4.78, 5) is 27.2. The first-order valence-corrected chi connectivity index (χ1v) is 8.89. The van der Waals surface area contributed by atoms with Crippen LogP contribution in [0.4, 0.5) is 0 Å². The number of carbonyl (C=O) groups is 2. The molecule has 0 fully saturated rings. The van der Waals surface area contributed by atoms with Crippen molar-refractivity contribution in [3.8, 4) is 0 Å². The maximum atomic E-state index is 12.1. The standard InChI is InChI=1S/C18H12BrCl2NO3/c19-13-3-1-2-12-11(8-22-18(12)13)7-17(24)25-9-16(23)10-4-5-14(20)15(21)6-10/h1-6,8,22H,7,9H2. The molecular weight excluding hydrogens is 429 g/mol. The van der Waals surface area contributed by atoms with Gasteiger partial charge in [0.15, 0.2) is 12.4 Å². The lowest BCUT2D eigenvalue weighted by molar-refractivity contribution is -0.141. The van der Waals surface area contributed by atoms with Gasteiger partial charge in [-0.25, -0.2) is 0 Å². The minimum atomic E-state index is -0.478. The van der Waals surface area contributed by atoms with Gasteiger partial charge in [0.05, 0.1) is 22.0 Å². The van der Waals surface area contributed by atoms with Gasteiger partial charge in [0.25, 0.3) is 0 Å². The van der Waals surface area contributed by atoms with E-state index in [1.54, 1.807) is 12.3 Å². The molecule has 0 bridgehead atoms. The van der Waals surface area contributed by atoms with Crippen LogP contribution in [-0.4, -0.2) is 23.3 Å². The van der Waals surface area contributed by atoms with E-state index in [0.717, 1.165) is 20.9 Å². The molecule has 4 nitrogen and oxygen atoms in total. The van der Waals surface area contributed by atoms with Crippen LogP contribution in [0, 0.1) is 0 Å². The van der Waals surface area contributed by atoms with E-state index < -0.39 is 5.97 Å². The molecule has 25 heavy (non-hydrogen) atoms. The zero-order valence-corrected chi connectivity index (χ0v) is 15.9. The summed E-state index contributed by atoms with van der Waals surface area (Å²) in [6, 6.07) is 10.3. The van der Waals surface area contributed by atoms with Crippen molar-refractivity contribution in [3.05, 3.63) is 68.2 Å². The fourth-order valence-corrected chi connectivity index (χ4v) is 3.21. The summed E-state index contributed by atoms with van der Waals surface area (Å²) in [5.41, 5.74) is 2.07. The van der Waals surface area contributed by atoms with Gasteiger partial charge >= 0.3 is 5.97 Å². The third-order valence-electron chi connectivity index (χ3n) is 3.69. The highest BCUT2D eigenvalue weighted by molar-refractivity contribution is 9.10. The number of ether oxygens (including phenoxy) is 1. The second-order valence-corrected chi connectivity index (χ2v) is 7.03. The van der Waals surface area contributed by atoms with Gasteiger partial charge < -0.3 is 9.72 Å². The van der Waals surface area contributed by atoms with Gasteiger partial charge in [0, 0.05) is 21.6 Å².